The average molecular weight is 577 g/mol. The Balaban J connectivity index is 1.44. The van der Waals surface area contributed by atoms with Gasteiger partial charge in [-0.2, -0.15) is 0 Å². The van der Waals surface area contributed by atoms with Gasteiger partial charge in [-0.1, -0.05) is 109 Å². The average Bonchev–Trinajstić information content (AvgIpc) is 3.65. The molecule has 0 unspecified atom stereocenters. The highest BCUT2D eigenvalue weighted by atomic mass is 16.3. The Morgan fingerprint density at radius 3 is 1.89 bits per heavy atom. The Kier molecular flexibility index (Phi) is 5.82. The molecule has 0 N–H and O–H groups in total. The summed E-state index contributed by atoms with van der Waals surface area (Å²) in [4.78, 5) is 2.42. The van der Waals surface area contributed by atoms with Gasteiger partial charge in [0.25, 0.3) is 0 Å². The third kappa shape index (κ3) is 4.05. The van der Waals surface area contributed by atoms with E-state index < -0.39 is 0 Å². The number of anilines is 3. The molecule has 0 fully saturated rings. The number of fused-ring (bicyclic) bond motifs is 6. The van der Waals surface area contributed by atoms with E-state index in [1.54, 1.807) is 0 Å². The van der Waals surface area contributed by atoms with Crippen LogP contribution >= 0.6 is 0 Å². The van der Waals surface area contributed by atoms with Crippen molar-refractivity contribution in [3.63, 3.8) is 0 Å². The second-order valence-corrected chi connectivity index (χ2v) is 11.4. The highest BCUT2D eigenvalue weighted by Crippen LogP contribution is 2.49. The van der Waals surface area contributed by atoms with Crippen LogP contribution in [0.2, 0.25) is 0 Å². The second-order valence-electron chi connectivity index (χ2n) is 11.4. The minimum atomic E-state index is 0.884. The summed E-state index contributed by atoms with van der Waals surface area (Å²) in [7, 11) is 0. The lowest BCUT2D eigenvalue weighted by molar-refractivity contribution is 0.669. The van der Waals surface area contributed by atoms with E-state index >= 15 is 0 Å². The third-order valence-electron chi connectivity index (χ3n) is 8.77. The number of para-hydroxylation sites is 4. The zero-order valence-electron chi connectivity index (χ0n) is 24.5. The van der Waals surface area contributed by atoms with Crippen molar-refractivity contribution in [1.82, 2.24) is 4.57 Å². The monoisotopic (exact) mass is 576 g/mol. The molecular formula is C42H28N2O. The quantitative estimate of drug-likeness (QED) is 0.203. The molecular weight excluding hydrogens is 548 g/mol. The van der Waals surface area contributed by atoms with E-state index in [0.717, 1.165) is 50.2 Å². The predicted octanol–water partition coefficient (Wildman–Crippen LogP) is 11.8. The summed E-state index contributed by atoms with van der Waals surface area (Å²) in [5.41, 5.74) is 10.9. The Labute approximate surface area is 260 Å². The summed E-state index contributed by atoms with van der Waals surface area (Å²) >= 11 is 0. The van der Waals surface area contributed by atoms with Crippen molar-refractivity contribution in [3.8, 4) is 16.8 Å². The molecule has 0 spiro atoms. The molecule has 9 aromatic rings. The van der Waals surface area contributed by atoms with Crippen LogP contribution in [-0.4, -0.2) is 4.57 Å². The molecule has 0 saturated heterocycles. The number of hydrogen-bond donors (Lipinski definition) is 0. The van der Waals surface area contributed by atoms with Crippen LogP contribution in [0.1, 0.15) is 0 Å². The zero-order valence-corrected chi connectivity index (χ0v) is 24.5. The summed E-state index contributed by atoms with van der Waals surface area (Å²) < 4.78 is 8.64. The Morgan fingerprint density at radius 1 is 0.444 bits per heavy atom. The van der Waals surface area contributed by atoms with Gasteiger partial charge in [-0.3, -0.25) is 0 Å². The number of rotatable bonds is 5. The van der Waals surface area contributed by atoms with Gasteiger partial charge in [-0.25, -0.2) is 0 Å². The van der Waals surface area contributed by atoms with Crippen molar-refractivity contribution in [3.05, 3.63) is 170 Å². The van der Waals surface area contributed by atoms with Crippen LogP contribution in [0.15, 0.2) is 174 Å². The van der Waals surface area contributed by atoms with Crippen molar-refractivity contribution in [2.75, 3.05) is 4.90 Å². The van der Waals surface area contributed by atoms with Gasteiger partial charge in [-0.15, -0.1) is 0 Å². The minimum Gasteiger partial charge on any atom is -0.456 e. The van der Waals surface area contributed by atoms with Gasteiger partial charge in [0.1, 0.15) is 11.2 Å². The molecule has 0 bridgehead atoms. The van der Waals surface area contributed by atoms with Gasteiger partial charge in [-0.05, 0) is 66.2 Å². The van der Waals surface area contributed by atoms with E-state index in [1.165, 1.54) is 27.4 Å². The standard InChI is InChI=1S/C42H28N2O/c1-4-14-29(15-5-1)33-25-26-38-41(35-21-10-12-22-37(35)44(38)31-18-8-3-9-19-31)42(33)43(30-16-6-2-7-17-30)32-24-27-40-36(28-32)34-20-11-13-23-39(34)45-40/h1-28H. The number of aromatic nitrogens is 1. The molecule has 7 aromatic carbocycles. The molecule has 9 rings (SSSR count). The first-order valence-electron chi connectivity index (χ1n) is 15.3. The molecule has 2 heterocycles. The maximum atomic E-state index is 6.25. The summed E-state index contributed by atoms with van der Waals surface area (Å²) in [5.74, 6) is 0. The highest BCUT2D eigenvalue weighted by molar-refractivity contribution is 6.20. The minimum absolute atomic E-state index is 0.884. The van der Waals surface area contributed by atoms with Crippen LogP contribution in [0.25, 0.3) is 60.6 Å². The van der Waals surface area contributed by atoms with Gasteiger partial charge in [0, 0.05) is 44.2 Å². The van der Waals surface area contributed by atoms with Crippen LogP contribution in [0.3, 0.4) is 0 Å². The molecule has 3 nitrogen and oxygen atoms in total. The van der Waals surface area contributed by atoms with Crippen molar-refractivity contribution in [1.29, 1.82) is 0 Å². The molecule has 0 aliphatic rings. The molecule has 0 amide bonds. The van der Waals surface area contributed by atoms with E-state index in [2.05, 4.69) is 167 Å². The van der Waals surface area contributed by atoms with Gasteiger partial charge in [0.05, 0.1) is 16.7 Å². The SMILES string of the molecule is c1ccc(-c2ccc3c(c2N(c2ccccc2)c2ccc4oc5ccccc5c4c2)c2ccccc2n3-c2ccccc2)cc1. The smallest absolute Gasteiger partial charge is 0.135 e. The lowest BCUT2D eigenvalue weighted by Crippen LogP contribution is -2.12. The Bertz CT molecular complexity index is 2470. The normalized spacial score (nSPS) is 11.6. The van der Waals surface area contributed by atoms with Gasteiger partial charge >= 0.3 is 0 Å². The van der Waals surface area contributed by atoms with Crippen LogP contribution in [-0.2, 0) is 0 Å². The molecule has 45 heavy (non-hydrogen) atoms. The van der Waals surface area contributed by atoms with Gasteiger partial charge in [0.15, 0.2) is 0 Å². The maximum absolute atomic E-state index is 6.25. The van der Waals surface area contributed by atoms with E-state index in [-0.39, 0.29) is 0 Å². The van der Waals surface area contributed by atoms with Crippen LogP contribution in [0, 0.1) is 0 Å². The topological polar surface area (TPSA) is 21.3 Å². The number of benzene rings is 7. The fraction of sp³-hybridized carbons (Fsp3) is 0. The first-order valence-corrected chi connectivity index (χ1v) is 15.3. The number of furan rings is 1. The third-order valence-corrected chi connectivity index (χ3v) is 8.77. The van der Waals surface area contributed by atoms with E-state index in [0.29, 0.717) is 0 Å². The summed E-state index contributed by atoms with van der Waals surface area (Å²) in [6.45, 7) is 0. The molecule has 212 valence electrons. The summed E-state index contributed by atoms with van der Waals surface area (Å²) in [6, 6.07) is 60.2. The molecule has 0 aliphatic carbocycles. The van der Waals surface area contributed by atoms with Crippen LogP contribution < -0.4 is 4.90 Å². The molecule has 0 saturated carbocycles. The van der Waals surface area contributed by atoms with Crippen molar-refractivity contribution >= 4 is 60.8 Å². The number of nitrogens with zero attached hydrogens (tertiary/aromatic N) is 2. The molecule has 2 aromatic heterocycles. The lowest BCUT2D eigenvalue weighted by atomic mass is 9.97. The first kappa shape index (κ1) is 25.4. The van der Waals surface area contributed by atoms with Crippen molar-refractivity contribution in [2.45, 2.75) is 0 Å². The fourth-order valence-electron chi connectivity index (χ4n) is 6.82. The Morgan fingerprint density at radius 2 is 1.09 bits per heavy atom. The predicted molar refractivity (Wildman–Crippen MR) is 188 cm³/mol. The van der Waals surface area contributed by atoms with E-state index in [9.17, 15) is 0 Å². The first-order chi connectivity index (χ1) is 22.3. The van der Waals surface area contributed by atoms with E-state index in [4.69, 9.17) is 4.42 Å². The van der Waals surface area contributed by atoms with Gasteiger partial charge < -0.3 is 13.9 Å². The highest BCUT2D eigenvalue weighted by Gasteiger charge is 2.25. The zero-order chi connectivity index (χ0) is 29.7. The summed E-state index contributed by atoms with van der Waals surface area (Å²) in [6.07, 6.45) is 0. The maximum Gasteiger partial charge on any atom is 0.135 e. The van der Waals surface area contributed by atoms with Crippen molar-refractivity contribution in [2.24, 2.45) is 0 Å². The second kappa shape index (κ2) is 10.3. The van der Waals surface area contributed by atoms with Crippen LogP contribution in [0.4, 0.5) is 17.1 Å². The molecule has 0 atom stereocenters. The summed E-state index contributed by atoms with van der Waals surface area (Å²) in [5, 5.41) is 4.63. The molecule has 0 radical (unpaired) electrons. The molecule has 0 aliphatic heterocycles. The lowest BCUT2D eigenvalue weighted by Gasteiger charge is -2.29. The number of hydrogen-bond acceptors (Lipinski definition) is 2. The largest absolute Gasteiger partial charge is 0.456 e. The van der Waals surface area contributed by atoms with E-state index in [1.807, 2.05) is 12.1 Å². The van der Waals surface area contributed by atoms with Crippen molar-refractivity contribution < 1.29 is 4.42 Å². The van der Waals surface area contributed by atoms with Gasteiger partial charge in [0.2, 0.25) is 0 Å². The fourth-order valence-corrected chi connectivity index (χ4v) is 6.82. The Hall–Kier alpha value is -6.06. The molecule has 3 heteroatoms. The van der Waals surface area contributed by atoms with Crippen LogP contribution in [0.5, 0.6) is 0 Å².